The van der Waals surface area contributed by atoms with Crippen molar-refractivity contribution in [3.63, 3.8) is 0 Å². The number of thioether (sulfide) groups is 1. The Kier molecular flexibility index (Phi) is 7.50. The molecule has 1 unspecified atom stereocenters. The molecule has 112 valence electrons. The molecule has 20 heavy (non-hydrogen) atoms. The van der Waals surface area contributed by atoms with Gasteiger partial charge in [-0.25, -0.2) is 0 Å². The Morgan fingerprint density at radius 2 is 2.15 bits per heavy atom. The number of rotatable bonds is 8. The van der Waals surface area contributed by atoms with Crippen molar-refractivity contribution >= 4 is 23.4 Å². The second-order valence-electron chi connectivity index (χ2n) is 4.11. The van der Waals surface area contributed by atoms with Gasteiger partial charge in [-0.15, -0.1) is 0 Å². The van der Waals surface area contributed by atoms with Crippen LogP contribution in [0.3, 0.4) is 0 Å². The Hall–Kier alpha value is -1.18. The molecule has 1 rings (SSSR count). The van der Waals surface area contributed by atoms with Crippen LogP contribution in [0, 0.1) is 0 Å². The van der Waals surface area contributed by atoms with E-state index in [0.29, 0.717) is 41.8 Å². The van der Waals surface area contributed by atoms with Gasteiger partial charge in [0.05, 0.1) is 11.7 Å². The highest BCUT2D eigenvalue weighted by Gasteiger charge is 2.16. The lowest BCUT2D eigenvalue weighted by atomic mass is 10.1. The van der Waals surface area contributed by atoms with E-state index >= 15 is 0 Å². The Bertz CT molecular complexity index is 433. The molecule has 0 saturated heterocycles. The van der Waals surface area contributed by atoms with E-state index in [1.54, 1.807) is 25.3 Å². The van der Waals surface area contributed by atoms with E-state index in [9.17, 15) is 13.6 Å². The van der Waals surface area contributed by atoms with Gasteiger partial charge in [0.25, 0.3) is 5.76 Å². The van der Waals surface area contributed by atoms with E-state index in [1.165, 1.54) is 6.07 Å². The number of para-hydroxylation sites is 1. The molecular formula is C13H18F2N2O2S. The second-order valence-corrected chi connectivity index (χ2v) is 5.14. The molecule has 3 N–H and O–H groups in total. The van der Waals surface area contributed by atoms with E-state index in [0.717, 1.165) is 0 Å². The Balaban J connectivity index is 2.60. The van der Waals surface area contributed by atoms with E-state index < -0.39 is 11.8 Å². The average Bonchev–Trinajstić information content (AvgIpc) is 2.40. The topological polar surface area (TPSA) is 64.3 Å². The van der Waals surface area contributed by atoms with Crippen molar-refractivity contribution in [3.05, 3.63) is 24.3 Å². The van der Waals surface area contributed by atoms with Gasteiger partial charge in [0, 0.05) is 18.6 Å². The standard InChI is InChI=1S/C13H18F2N2O2S/c1-19-8-4-5-9(16)12(18)17-10-6-2-3-7-11(10)20-13(14)15/h2-3,6-7,9,13H,4-5,8,16H2,1H3,(H,17,18). The third-order valence-corrected chi connectivity index (χ3v) is 3.35. The van der Waals surface area contributed by atoms with Crippen molar-refractivity contribution in [2.75, 3.05) is 19.0 Å². The molecule has 0 aliphatic carbocycles. The maximum absolute atomic E-state index is 12.4. The van der Waals surface area contributed by atoms with Crippen LogP contribution in [0.2, 0.25) is 0 Å². The number of nitrogens with two attached hydrogens (primary N) is 1. The third-order valence-electron chi connectivity index (χ3n) is 2.56. The normalized spacial score (nSPS) is 12.4. The zero-order valence-corrected chi connectivity index (χ0v) is 12.0. The Labute approximate surface area is 121 Å². The van der Waals surface area contributed by atoms with Crippen LogP contribution in [0.25, 0.3) is 0 Å². The number of carbonyl (C=O) groups is 1. The summed E-state index contributed by atoms with van der Waals surface area (Å²) < 4.78 is 29.7. The monoisotopic (exact) mass is 304 g/mol. The minimum Gasteiger partial charge on any atom is -0.385 e. The van der Waals surface area contributed by atoms with Gasteiger partial charge in [-0.3, -0.25) is 4.79 Å². The lowest BCUT2D eigenvalue weighted by molar-refractivity contribution is -0.117. The summed E-state index contributed by atoms with van der Waals surface area (Å²) in [7, 11) is 1.57. The summed E-state index contributed by atoms with van der Waals surface area (Å²) >= 11 is 0.391. The molecule has 0 radical (unpaired) electrons. The fourth-order valence-electron chi connectivity index (χ4n) is 1.57. The molecule has 0 aliphatic rings. The van der Waals surface area contributed by atoms with Crippen LogP contribution in [0.15, 0.2) is 29.2 Å². The van der Waals surface area contributed by atoms with Crippen LogP contribution in [-0.4, -0.2) is 31.4 Å². The smallest absolute Gasteiger partial charge is 0.288 e. The molecule has 7 heteroatoms. The largest absolute Gasteiger partial charge is 0.385 e. The number of alkyl halides is 2. The number of carbonyl (C=O) groups excluding carboxylic acids is 1. The lowest BCUT2D eigenvalue weighted by Gasteiger charge is -2.14. The fourth-order valence-corrected chi connectivity index (χ4v) is 2.17. The Morgan fingerprint density at radius 1 is 1.45 bits per heavy atom. The van der Waals surface area contributed by atoms with Crippen molar-refractivity contribution < 1.29 is 18.3 Å². The summed E-state index contributed by atoms with van der Waals surface area (Å²) in [5.41, 5.74) is 6.09. The van der Waals surface area contributed by atoms with E-state index in [1.807, 2.05) is 0 Å². The van der Waals surface area contributed by atoms with Gasteiger partial charge in [0.1, 0.15) is 0 Å². The third kappa shape index (κ3) is 5.85. The molecule has 1 aromatic rings. The van der Waals surface area contributed by atoms with Crippen LogP contribution in [0.4, 0.5) is 14.5 Å². The van der Waals surface area contributed by atoms with E-state index in [2.05, 4.69) is 5.32 Å². The maximum atomic E-state index is 12.4. The van der Waals surface area contributed by atoms with Gasteiger partial charge in [0.15, 0.2) is 0 Å². The summed E-state index contributed by atoms with van der Waals surface area (Å²) in [5.74, 6) is -2.92. The predicted octanol–water partition coefficient (Wildman–Crippen LogP) is 2.69. The molecule has 0 aromatic heterocycles. The lowest BCUT2D eigenvalue weighted by Crippen LogP contribution is -2.35. The zero-order valence-electron chi connectivity index (χ0n) is 11.1. The molecular weight excluding hydrogens is 286 g/mol. The fraction of sp³-hybridized carbons (Fsp3) is 0.462. The summed E-state index contributed by atoms with van der Waals surface area (Å²) in [6, 6.07) is 5.73. The number of anilines is 1. The SMILES string of the molecule is COCCCC(N)C(=O)Nc1ccccc1SC(F)F. The van der Waals surface area contributed by atoms with Gasteiger partial charge < -0.3 is 15.8 Å². The van der Waals surface area contributed by atoms with Gasteiger partial charge in [-0.05, 0) is 25.0 Å². The number of methoxy groups -OCH3 is 1. The summed E-state index contributed by atoms with van der Waals surface area (Å²) in [4.78, 5) is 12.2. The van der Waals surface area contributed by atoms with Crippen molar-refractivity contribution in [3.8, 4) is 0 Å². The highest BCUT2D eigenvalue weighted by molar-refractivity contribution is 7.99. The zero-order chi connectivity index (χ0) is 15.0. The molecule has 1 aromatic carbocycles. The number of hydrogen-bond acceptors (Lipinski definition) is 4. The van der Waals surface area contributed by atoms with Crippen molar-refractivity contribution in [1.29, 1.82) is 0 Å². The molecule has 4 nitrogen and oxygen atoms in total. The highest BCUT2D eigenvalue weighted by atomic mass is 32.2. The molecule has 0 spiro atoms. The first-order chi connectivity index (χ1) is 9.54. The van der Waals surface area contributed by atoms with E-state index in [4.69, 9.17) is 10.5 Å². The first kappa shape index (κ1) is 16.9. The van der Waals surface area contributed by atoms with Crippen LogP contribution in [-0.2, 0) is 9.53 Å². The molecule has 0 fully saturated rings. The number of benzene rings is 1. The first-order valence-electron chi connectivity index (χ1n) is 6.13. The van der Waals surface area contributed by atoms with Crippen molar-refractivity contribution in [1.82, 2.24) is 0 Å². The van der Waals surface area contributed by atoms with Crippen molar-refractivity contribution in [2.24, 2.45) is 5.73 Å². The highest BCUT2D eigenvalue weighted by Crippen LogP contribution is 2.31. The molecule has 0 aliphatic heterocycles. The Morgan fingerprint density at radius 3 is 2.80 bits per heavy atom. The first-order valence-corrected chi connectivity index (χ1v) is 7.01. The minimum absolute atomic E-state index is 0.319. The average molecular weight is 304 g/mol. The number of hydrogen-bond donors (Lipinski definition) is 2. The second kappa shape index (κ2) is 8.89. The molecule has 0 heterocycles. The molecule has 1 atom stereocenters. The summed E-state index contributed by atoms with van der Waals surface area (Å²) in [6.45, 7) is 0.527. The van der Waals surface area contributed by atoms with E-state index in [-0.39, 0.29) is 5.91 Å². The van der Waals surface area contributed by atoms with Crippen LogP contribution < -0.4 is 11.1 Å². The van der Waals surface area contributed by atoms with Gasteiger partial charge in [-0.1, -0.05) is 23.9 Å². The number of halogens is 2. The minimum atomic E-state index is -2.54. The van der Waals surface area contributed by atoms with Crippen molar-refractivity contribution in [2.45, 2.75) is 29.5 Å². The van der Waals surface area contributed by atoms with Crippen LogP contribution >= 0.6 is 11.8 Å². The number of ether oxygens (including phenoxy) is 1. The maximum Gasteiger partial charge on any atom is 0.288 e. The number of nitrogens with one attached hydrogen (secondary N) is 1. The molecule has 1 amide bonds. The van der Waals surface area contributed by atoms with Crippen LogP contribution in [0.1, 0.15) is 12.8 Å². The number of amides is 1. The van der Waals surface area contributed by atoms with Gasteiger partial charge in [-0.2, -0.15) is 8.78 Å². The molecule has 0 saturated carbocycles. The quantitative estimate of drug-likeness (QED) is 0.572. The summed E-state index contributed by atoms with van der Waals surface area (Å²) in [5, 5.41) is 2.58. The van der Waals surface area contributed by atoms with Crippen LogP contribution in [0.5, 0.6) is 0 Å². The molecule has 0 bridgehead atoms. The van der Waals surface area contributed by atoms with Gasteiger partial charge in [0.2, 0.25) is 5.91 Å². The predicted molar refractivity (Wildman–Crippen MR) is 76.0 cm³/mol. The van der Waals surface area contributed by atoms with Gasteiger partial charge >= 0.3 is 0 Å². The summed E-state index contributed by atoms with van der Waals surface area (Å²) in [6.07, 6.45) is 1.14.